The van der Waals surface area contributed by atoms with E-state index in [-0.39, 0.29) is 18.6 Å². The van der Waals surface area contributed by atoms with Crippen LogP contribution >= 0.6 is 0 Å². The molecule has 2 N–H and O–H groups in total. The number of aliphatic hydroxyl groups is 2. The smallest absolute Gasteiger partial charge is 0.115 e. The minimum atomic E-state index is -0.868. The Morgan fingerprint density at radius 1 is 1.15 bits per heavy atom. The van der Waals surface area contributed by atoms with Crippen molar-refractivity contribution >= 4 is 0 Å². The largest absolute Gasteiger partial charge is 0.498 e. The highest BCUT2D eigenvalue weighted by molar-refractivity contribution is 5.41. The molecule has 0 radical (unpaired) electrons. The summed E-state index contributed by atoms with van der Waals surface area (Å²) < 4.78 is 5.17. The predicted octanol–water partition coefficient (Wildman–Crippen LogP) is 5.11. The van der Waals surface area contributed by atoms with Crippen molar-refractivity contribution in [1.82, 2.24) is 0 Å². The van der Waals surface area contributed by atoms with Crippen LogP contribution in [0, 0.1) is 11.3 Å². The highest BCUT2D eigenvalue weighted by Crippen LogP contribution is 2.35. The number of rotatable bonds is 13. The van der Waals surface area contributed by atoms with Crippen LogP contribution < -0.4 is 0 Å². The van der Waals surface area contributed by atoms with Gasteiger partial charge >= 0.3 is 0 Å². The number of hydrogen-bond acceptors (Lipinski definition) is 3. The van der Waals surface area contributed by atoms with Gasteiger partial charge in [-0.25, -0.2) is 0 Å². The molecule has 0 bridgehead atoms. The zero-order valence-electron chi connectivity index (χ0n) is 16.9. The molecule has 0 aromatic heterocycles. The SMILES string of the molecule is C=C/C(=C\C=C\OCC(O)CO)C(C)(C)C(=C)/C=C\C(=C)C(CC)CC. The van der Waals surface area contributed by atoms with Crippen LogP contribution in [0.4, 0.5) is 0 Å². The van der Waals surface area contributed by atoms with Crippen LogP contribution in [0.5, 0.6) is 0 Å². The van der Waals surface area contributed by atoms with Crippen molar-refractivity contribution in [3.8, 4) is 0 Å². The van der Waals surface area contributed by atoms with Gasteiger partial charge in [-0.2, -0.15) is 0 Å². The molecular weight excluding hydrogens is 324 g/mol. The number of allylic oxidation sites excluding steroid dienone is 8. The molecule has 0 rings (SSSR count). The third kappa shape index (κ3) is 8.03. The second-order valence-corrected chi connectivity index (χ2v) is 6.90. The van der Waals surface area contributed by atoms with Gasteiger partial charge in [0.05, 0.1) is 12.9 Å². The highest BCUT2D eigenvalue weighted by Gasteiger charge is 2.23. The summed E-state index contributed by atoms with van der Waals surface area (Å²) in [4.78, 5) is 0. The molecule has 0 aliphatic rings. The Kier molecular flexibility index (Phi) is 11.6. The van der Waals surface area contributed by atoms with Gasteiger partial charge in [0.25, 0.3) is 0 Å². The Hall–Kier alpha value is -1.84. The Bertz CT molecular complexity index is 546. The second kappa shape index (κ2) is 12.5. The Balaban J connectivity index is 5.03. The zero-order valence-corrected chi connectivity index (χ0v) is 16.9. The van der Waals surface area contributed by atoms with Gasteiger partial charge in [0.1, 0.15) is 12.7 Å². The molecule has 3 nitrogen and oxygen atoms in total. The number of ether oxygens (including phenoxy) is 1. The fourth-order valence-corrected chi connectivity index (χ4v) is 2.50. The van der Waals surface area contributed by atoms with Crippen LogP contribution in [0.15, 0.2) is 73.1 Å². The average Bonchev–Trinajstić information content (AvgIpc) is 2.62. The summed E-state index contributed by atoms with van der Waals surface area (Å²) in [6.45, 7) is 20.6. The van der Waals surface area contributed by atoms with Gasteiger partial charge in [0.15, 0.2) is 0 Å². The van der Waals surface area contributed by atoms with Crippen LogP contribution in [0.1, 0.15) is 40.5 Å². The molecule has 0 aliphatic heterocycles. The van der Waals surface area contributed by atoms with Crippen molar-refractivity contribution in [2.75, 3.05) is 13.2 Å². The normalized spacial score (nSPS) is 14.2. The molecule has 3 heteroatoms. The van der Waals surface area contributed by atoms with Crippen molar-refractivity contribution in [2.45, 2.75) is 46.6 Å². The van der Waals surface area contributed by atoms with E-state index in [1.54, 1.807) is 6.08 Å². The maximum atomic E-state index is 9.23. The molecule has 0 heterocycles. The van der Waals surface area contributed by atoms with E-state index in [4.69, 9.17) is 9.84 Å². The van der Waals surface area contributed by atoms with E-state index in [2.05, 4.69) is 53.5 Å². The first-order valence-electron chi connectivity index (χ1n) is 9.20. The lowest BCUT2D eigenvalue weighted by Gasteiger charge is -2.27. The van der Waals surface area contributed by atoms with E-state index in [9.17, 15) is 5.11 Å². The summed E-state index contributed by atoms with van der Waals surface area (Å²) >= 11 is 0. The van der Waals surface area contributed by atoms with Crippen LogP contribution in [0.25, 0.3) is 0 Å². The van der Waals surface area contributed by atoms with Crippen molar-refractivity contribution in [3.05, 3.63) is 73.1 Å². The number of aliphatic hydroxyl groups excluding tert-OH is 2. The average molecular weight is 361 g/mol. The summed E-state index contributed by atoms with van der Waals surface area (Å²) in [5.74, 6) is 0.505. The van der Waals surface area contributed by atoms with E-state index in [0.717, 1.165) is 29.6 Å². The molecule has 1 unspecified atom stereocenters. The summed E-state index contributed by atoms with van der Waals surface area (Å²) in [5.41, 5.74) is 2.82. The number of hydrogen-bond donors (Lipinski definition) is 2. The lowest BCUT2D eigenvalue weighted by atomic mass is 9.77. The molecular formula is C23H36O3. The quantitative estimate of drug-likeness (QED) is 0.354. The third-order valence-electron chi connectivity index (χ3n) is 4.70. The molecule has 1 atom stereocenters. The van der Waals surface area contributed by atoms with Crippen molar-refractivity contribution in [2.24, 2.45) is 11.3 Å². The fourth-order valence-electron chi connectivity index (χ4n) is 2.50. The monoisotopic (exact) mass is 360 g/mol. The lowest BCUT2D eigenvalue weighted by Crippen LogP contribution is -2.17. The molecule has 0 saturated heterocycles. The van der Waals surface area contributed by atoms with Crippen LogP contribution in [-0.4, -0.2) is 29.5 Å². The van der Waals surface area contributed by atoms with Gasteiger partial charge < -0.3 is 14.9 Å². The van der Waals surface area contributed by atoms with Crippen LogP contribution in [-0.2, 0) is 4.74 Å². The third-order valence-corrected chi connectivity index (χ3v) is 4.70. The summed E-state index contributed by atoms with van der Waals surface area (Å²) in [6, 6.07) is 0. The predicted molar refractivity (Wildman–Crippen MR) is 112 cm³/mol. The summed E-state index contributed by atoms with van der Waals surface area (Å²) in [7, 11) is 0. The minimum absolute atomic E-state index is 0.0568. The second-order valence-electron chi connectivity index (χ2n) is 6.90. The maximum Gasteiger partial charge on any atom is 0.115 e. The van der Waals surface area contributed by atoms with Crippen molar-refractivity contribution < 1.29 is 14.9 Å². The summed E-state index contributed by atoms with van der Waals surface area (Å²) in [6.07, 6.45) is 12.4. The van der Waals surface area contributed by atoms with Crippen molar-refractivity contribution in [1.29, 1.82) is 0 Å². The molecule has 0 aromatic rings. The molecule has 0 aromatic carbocycles. The Morgan fingerprint density at radius 2 is 1.77 bits per heavy atom. The van der Waals surface area contributed by atoms with Gasteiger partial charge in [0.2, 0.25) is 0 Å². The van der Waals surface area contributed by atoms with Crippen LogP contribution in [0.3, 0.4) is 0 Å². The molecule has 0 fully saturated rings. The topological polar surface area (TPSA) is 49.7 Å². The maximum absolute atomic E-state index is 9.23. The zero-order chi connectivity index (χ0) is 20.2. The van der Waals surface area contributed by atoms with Gasteiger partial charge in [-0.15, -0.1) is 0 Å². The first-order valence-corrected chi connectivity index (χ1v) is 9.20. The highest BCUT2D eigenvalue weighted by atomic mass is 16.5. The van der Waals surface area contributed by atoms with E-state index >= 15 is 0 Å². The molecule has 26 heavy (non-hydrogen) atoms. The Morgan fingerprint density at radius 3 is 2.27 bits per heavy atom. The van der Waals surface area contributed by atoms with E-state index in [0.29, 0.717) is 5.92 Å². The summed E-state index contributed by atoms with van der Waals surface area (Å²) in [5, 5.41) is 18.0. The van der Waals surface area contributed by atoms with Gasteiger partial charge in [0, 0.05) is 5.41 Å². The lowest BCUT2D eigenvalue weighted by molar-refractivity contribution is 0.0384. The van der Waals surface area contributed by atoms with Gasteiger partial charge in [-0.3, -0.25) is 0 Å². The van der Waals surface area contributed by atoms with Crippen LogP contribution in [0.2, 0.25) is 0 Å². The molecule has 0 aliphatic carbocycles. The first kappa shape index (κ1) is 24.2. The first-order chi connectivity index (χ1) is 12.2. The molecule has 0 saturated carbocycles. The Labute approximate surface area is 159 Å². The van der Waals surface area contributed by atoms with Gasteiger partial charge in [-0.1, -0.05) is 77.3 Å². The van der Waals surface area contributed by atoms with E-state index in [1.807, 2.05) is 18.2 Å². The van der Waals surface area contributed by atoms with E-state index in [1.165, 1.54) is 6.26 Å². The van der Waals surface area contributed by atoms with E-state index < -0.39 is 6.10 Å². The standard InChI is InChI=1S/C23H36O3/c1-8-20(9-2)18(4)13-14-19(5)23(6,7)21(10-3)12-11-15-26-17-22(25)16-24/h10-15,20,22,24-25H,3-5,8-9,16-17H2,1-2,6-7H3/b14-13-,15-11+,21-12+. The fraction of sp³-hybridized carbons (Fsp3) is 0.478. The van der Waals surface area contributed by atoms with Gasteiger partial charge in [-0.05, 0) is 36.0 Å². The van der Waals surface area contributed by atoms with Crippen molar-refractivity contribution in [3.63, 3.8) is 0 Å². The minimum Gasteiger partial charge on any atom is -0.498 e. The molecule has 0 spiro atoms. The molecule has 146 valence electrons. The molecule has 0 amide bonds.